The highest BCUT2D eigenvalue weighted by Crippen LogP contribution is 2.02. The van der Waals surface area contributed by atoms with E-state index in [1.807, 2.05) is 6.92 Å². The Balaban J connectivity index is 3.77. The summed E-state index contributed by atoms with van der Waals surface area (Å²) < 4.78 is 5.13. The Labute approximate surface area is 80.7 Å². The SMILES string of the molecule is CC#CC(CC)OC(=O)CCCC. The molecule has 0 rings (SSSR count). The fourth-order valence-corrected chi connectivity index (χ4v) is 0.915. The van der Waals surface area contributed by atoms with Gasteiger partial charge in [0, 0.05) is 6.42 Å². The lowest BCUT2D eigenvalue weighted by Crippen LogP contribution is -2.15. The van der Waals surface area contributed by atoms with Gasteiger partial charge in [-0.05, 0) is 19.8 Å². The van der Waals surface area contributed by atoms with Gasteiger partial charge < -0.3 is 4.74 Å². The number of esters is 1. The van der Waals surface area contributed by atoms with E-state index >= 15 is 0 Å². The zero-order valence-electron chi connectivity index (χ0n) is 8.72. The van der Waals surface area contributed by atoms with Gasteiger partial charge in [-0.15, -0.1) is 5.92 Å². The summed E-state index contributed by atoms with van der Waals surface area (Å²) >= 11 is 0. The Hall–Kier alpha value is -0.970. The summed E-state index contributed by atoms with van der Waals surface area (Å²) in [6.07, 6.45) is 2.98. The first-order valence-electron chi connectivity index (χ1n) is 4.86. The van der Waals surface area contributed by atoms with E-state index in [1.165, 1.54) is 0 Å². The molecular weight excluding hydrogens is 164 g/mol. The number of ether oxygens (including phenoxy) is 1. The number of carbonyl (C=O) groups is 1. The zero-order chi connectivity index (χ0) is 10.1. The van der Waals surface area contributed by atoms with Crippen LogP contribution in [0.1, 0.15) is 46.5 Å². The monoisotopic (exact) mass is 182 g/mol. The summed E-state index contributed by atoms with van der Waals surface area (Å²) in [5.74, 6) is 5.47. The van der Waals surface area contributed by atoms with E-state index in [4.69, 9.17) is 4.74 Å². The minimum atomic E-state index is -0.214. The first-order valence-corrected chi connectivity index (χ1v) is 4.86. The molecule has 1 unspecified atom stereocenters. The van der Waals surface area contributed by atoms with Crippen LogP contribution in [0.4, 0.5) is 0 Å². The minimum Gasteiger partial charge on any atom is -0.449 e. The molecule has 0 N–H and O–H groups in total. The summed E-state index contributed by atoms with van der Waals surface area (Å²) in [6.45, 7) is 5.76. The number of unbranched alkanes of at least 4 members (excludes halogenated alkanes) is 1. The van der Waals surface area contributed by atoms with Gasteiger partial charge in [-0.3, -0.25) is 4.79 Å². The Morgan fingerprint density at radius 1 is 1.46 bits per heavy atom. The molecule has 2 nitrogen and oxygen atoms in total. The molecular formula is C11H18O2. The first-order chi connectivity index (χ1) is 6.24. The molecule has 0 aliphatic heterocycles. The van der Waals surface area contributed by atoms with Gasteiger partial charge in [-0.1, -0.05) is 26.2 Å². The van der Waals surface area contributed by atoms with Gasteiger partial charge in [0.2, 0.25) is 0 Å². The van der Waals surface area contributed by atoms with E-state index < -0.39 is 0 Å². The van der Waals surface area contributed by atoms with Crippen LogP contribution in [0.5, 0.6) is 0 Å². The van der Waals surface area contributed by atoms with Crippen molar-refractivity contribution in [3.8, 4) is 11.8 Å². The fourth-order valence-electron chi connectivity index (χ4n) is 0.915. The third-order valence-electron chi connectivity index (χ3n) is 1.68. The van der Waals surface area contributed by atoms with Crippen molar-refractivity contribution in [2.45, 2.75) is 52.6 Å². The van der Waals surface area contributed by atoms with E-state index in [0.29, 0.717) is 6.42 Å². The second-order valence-electron chi connectivity index (χ2n) is 2.88. The molecule has 0 saturated heterocycles. The predicted molar refractivity (Wildman–Crippen MR) is 53.1 cm³/mol. The Morgan fingerprint density at radius 3 is 2.62 bits per heavy atom. The van der Waals surface area contributed by atoms with Crippen molar-refractivity contribution >= 4 is 5.97 Å². The highest BCUT2D eigenvalue weighted by Gasteiger charge is 2.08. The molecule has 2 heteroatoms. The van der Waals surface area contributed by atoms with Crippen LogP contribution in [0.2, 0.25) is 0 Å². The van der Waals surface area contributed by atoms with Crippen molar-refractivity contribution in [3.05, 3.63) is 0 Å². The average Bonchev–Trinajstić information content (AvgIpc) is 2.14. The molecule has 0 aromatic rings. The molecule has 0 aliphatic carbocycles. The molecule has 1 atom stereocenters. The maximum absolute atomic E-state index is 11.2. The molecule has 0 saturated carbocycles. The fraction of sp³-hybridized carbons (Fsp3) is 0.727. The standard InChI is InChI=1S/C11H18O2/c1-4-7-9-11(12)13-10(6-3)8-5-2/h10H,4,6-7,9H2,1-3H3. The molecule has 0 fully saturated rings. The van der Waals surface area contributed by atoms with Crippen molar-refractivity contribution in [2.24, 2.45) is 0 Å². The number of rotatable bonds is 5. The second-order valence-corrected chi connectivity index (χ2v) is 2.88. The van der Waals surface area contributed by atoms with Crippen LogP contribution in [-0.4, -0.2) is 12.1 Å². The molecule has 0 aromatic heterocycles. The number of hydrogen-bond acceptors (Lipinski definition) is 2. The summed E-state index contributed by atoms with van der Waals surface area (Å²) in [5, 5.41) is 0. The predicted octanol–water partition coefficient (Wildman–Crippen LogP) is 2.52. The third kappa shape index (κ3) is 6.21. The molecule has 0 heterocycles. The van der Waals surface area contributed by atoms with Crippen molar-refractivity contribution in [1.82, 2.24) is 0 Å². The van der Waals surface area contributed by atoms with Crippen LogP contribution >= 0.6 is 0 Å². The highest BCUT2D eigenvalue weighted by atomic mass is 16.5. The lowest BCUT2D eigenvalue weighted by Gasteiger charge is -2.09. The smallest absolute Gasteiger partial charge is 0.307 e. The lowest BCUT2D eigenvalue weighted by molar-refractivity contribution is -0.146. The van der Waals surface area contributed by atoms with Gasteiger partial charge in [0.15, 0.2) is 6.10 Å². The largest absolute Gasteiger partial charge is 0.449 e. The molecule has 0 aromatic carbocycles. The number of hydrogen-bond donors (Lipinski definition) is 0. The van der Waals surface area contributed by atoms with Gasteiger partial charge >= 0.3 is 5.97 Å². The molecule has 0 radical (unpaired) electrons. The van der Waals surface area contributed by atoms with Crippen LogP contribution in [0, 0.1) is 11.8 Å². The zero-order valence-corrected chi connectivity index (χ0v) is 8.72. The maximum atomic E-state index is 11.2. The van der Waals surface area contributed by atoms with Crippen molar-refractivity contribution in [1.29, 1.82) is 0 Å². The number of carbonyl (C=O) groups excluding carboxylic acids is 1. The third-order valence-corrected chi connectivity index (χ3v) is 1.68. The van der Waals surface area contributed by atoms with Gasteiger partial charge in [0.25, 0.3) is 0 Å². The molecule has 0 spiro atoms. The van der Waals surface area contributed by atoms with E-state index in [-0.39, 0.29) is 12.1 Å². The molecule has 74 valence electrons. The second kappa shape index (κ2) is 7.67. The van der Waals surface area contributed by atoms with Crippen LogP contribution in [0.3, 0.4) is 0 Å². The van der Waals surface area contributed by atoms with Gasteiger partial charge in [0.05, 0.1) is 0 Å². The molecule has 0 aliphatic rings. The van der Waals surface area contributed by atoms with E-state index in [0.717, 1.165) is 19.3 Å². The van der Waals surface area contributed by atoms with Crippen LogP contribution in [0.25, 0.3) is 0 Å². The summed E-state index contributed by atoms with van der Waals surface area (Å²) in [6, 6.07) is 0. The highest BCUT2D eigenvalue weighted by molar-refractivity contribution is 5.69. The Morgan fingerprint density at radius 2 is 2.15 bits per heavy atom. The van der Waals surface area contributed by atoms with Crippen LogP contribution in [-0.2, 0) is 9.53 Å². The van der Waals surface area contributed by atoms with E-state index in [2.05, 4.69) is 18.8 Å². The van der Waals surface area contributed by atoms with Crippen LogP contribution < -0.4 is 0 Å². The van der Waals surface area contributed by atoms with Gasteiger partial charge in [0.1, 0.15) is 0 Å². The van der Waals surface area contributed by atoms with Crippen molar-refractivity contribution in [2.75, 3.05) is 0 Å². The summed E-state index contributed by atoms with van der Waals surface area (Å²) in [5.41, 5.74) is 0. The Bertz CT molecular complexity index is 198. The quantitative estimate of drug-likeness (QED) is 0.482. The van der Waals surface area contributed by atoms with E-state index in [1.54, 1.807) is 6.92 Å². The summed E-state index contributed by atoms with van der Waals surface area (Å²) in [4.78, 5) is 11.2. The van der Waals surface area contributed by atoms with Crippen molar-refractivity contribution < 1.29 is 9.53 Å². The van der Waals surface area contributed by atoms with Gasteiger partial charge in [-0.25, -0.2) is 0 Å². The van der Waals surface area contributed by atoms with Crippen molar-refractivity contribution in [3.63, 3.8) is 0 Å². The molecule has 0 amide bonds. The summed E-state index contributed by atoms with van der Waals surface area (Å²) in [7, 11) is 0. The minimum absolute atomic E-state index is 0.128. The first kappa shape index (κ1) is 12.0. The topological polar surface area (TPSA) is 26.3 Å². The molecule has 0 bridgehead atoms. The van der Waals surface area contributed by atoms with Crippen LogP contribution in [0.15, 0.2) is 0 Å². The van der Waals surface area contributed by atoms with E-state index in [9.17, 15) is 4.79 Å². The lowest BCUT2D eigenvalue weighted by atomic mass is 10.2. The maximum Gasteiger partial charge on any atom is 0.307 e. The van der Waals surface area contributed by atoms with Gasteiger partial charge in [-0.2, -0.15) is 0 Å². The average molecular weight is 182 g/mol. The Kier molecular flexibility index (Phi) is 7.10. The normalized spacial score (nSPS) is 11.3. The molecule has 13 heavy (non-hydrogen) atoms.